The Labute approximate surface area is 141 Å². The first-order valence-electron chi connectivity index (χ1n) is 7.90. The fourth-order valence-electron chi connectivity index (χ4n) is 2.55. The molecule has 1 heterocycles. The zero-order valence-corrected chi connectivity index (χ0v) is 14.0. The molecule has 6 nitrogen and oxygen atoms in total. The molecular formula is C18H21N5O. The number of hydrogen-bond donors (Lipinski definition) is 1. The molecule has 3 rings (SSSR count). The SMILES string of the molecule is CO[C@@H](C)c1cccc(N[C@@H](C)c2ccc(-n3cnnn3)cc2)c1. The van der Waals surface area contributed by atoms with E-state index in [1.807, 2.05) is 25.1 Å². The number of methoxy groups -OCH3 is 1. The van der Waals surface area contributed by atoms with Gasteiger partial charge < -0.3 is 10.1 Å². The monoisotopic (exact) mass is 323 g/mol. The van der Waals surface area contributed by atoms with Crippen LogP contribution in [0.3, 0.4) is 0 Å². The van der Waals surface area contributed by atoms with Crippen LogP contribution in [-0.4, -0.2) is 27.3 Å². The molecule has 0 unspecified atom stereocenters. The van der Waals surface area contributed by atoms with E-state index in [-0.39, 0.29) is 12.1 Å². The van der Waals surface area contributed by atoms with Crippen molar-refractivity contribution in [3.05, 3.63) is 66.0 Å². The first kappa shape index (κ1) is 16.1. The molecule has 0 saturated carbocycles. The van der Waals surface area contributed by atoms with Gasteiger partial charge in [-0.1, -0.05) is 24.3 Å². The van der Waals surface area contributed by atoms with Crippen molar-refractivity contribution in [2.45, 2.75) is 26.0 Å². The van der Waals surface area contributed by atoms with Gasteiger partial charge in [0.15, 0.2) is 0 Å². The van der Waals surface area contributed by atoms with Crippen LogP contribution < -0.4 is 5.32 Å². The molecule has 2 atom stereocenters. The third-order valence-corrected chi connectivity index (χ3v) is 4.10. The minimum absolute atomic E-state index is 0.0811. The number of aromatic nitrogens is 4. The predicted molar refractivity (Wildman–Crippen MR) is 93.1 cm³/mol. The Morgan fingerprint density at radius 2 is 1.83 bits per heavy atom. The Balaban J connectivity index is 1.72. The second-order valence-corrected chi connectivity index (χ2v) is 5.72. The Morgan fingerprint density at radius 1 is 1.04 bits per heavy atom. The lowest BCUT2D eigenvalue weighted by atomic mass is 10.1. The zero-order valence-electron chi connectivity index (χ0n) is 14.0. The van der Waals surface area contributed by atoms with Gasteiger partial charge in [0.05, 0.1) is 11.8 Å². The normalized spacial score (nSPS) is 13.5. The maximum atomic E-state index is 5.38. The lowest BCUT2D eigenvalue weighted by Gasteiger charge is -2.18. The van der Waals surface area contributed by atoms with E-state index in [9.17, 15) is 0 Å². The average molecular weight is 323 g/mol. The molecule has 0 bridgehead atoms. The van der Waals surface area contributed by atoms with Gasteiger partial charge in [-0.3, -0.25) is 0 Å². The number of benzene rings is 2. The molecule has 6 heteroatoms. The minimum atomic E-state index is 0.0811. The summed E-state index contributed by atoms with van der Waals surface area (Å²) < 4.78 is 7.02. The maximum absolute atomic E-state index is 5.38. The van der Waals surface area contributed by atoms with Crippen LogP contribution in [0.2, 0.25) is 0 Å². The smallest absolute Gasteiger partial charge is 0.143 e. The summed E-state index contributed by atoms with van der Waals surface area (Å²) in [7, 11) is 1.72. The summed E-state index contributed by atoms with van der Waals surface area (Å²) in [6, 6.07) is 16.7. The van der Waals surface area contributed by atoms with Crippen molar-refractivity contribution >= 4 is 5.69 Å². The van der Waals surface area contributed by atoms with Gasteiger partial charge in [0.2, 0.25) is 0 Å². The van der Waals surface area contributed by atoms with Crippen LogP contribution in [0.5, 0.6) is 0 Å². The summed E-state index contributed by atoms with van der Waals surface area (Å²) in [6.45, 7) is 4.18. The first-order valence-corrected chi connectivity index (χ1v) is 7.90. The third kappa shape index (κ3) is 3.60. The van der Waals surface area contributed by atoms with E-state index in [0.29, 0.717) is 0 Å². The molecule has 0 saturated heterocycles. The van der Waals surface area contributed by atoms with E-state index in [1.165, 1.54) is 5.56 Å². The first-order chi connectivity index (χ1) is 11.7. The minimum Gasteiger partial charge on any atom is -0.379 e. The molecule has 124 valence electrons. The van der Waals surface area contributed by atoms with Gasteiger partial charge >= 0.3 is 0 Å². The van der Waals surface area contributed by atoms with Crippen molar-refractivity contribution in [3.8, 4) is 5.69 Å². The number of anilines is 1. The molecule has 0 aliphatic carbocycles. The quantitative estimate of drug-likeness (QED) is 0.751. The van der Waals surface area contributed by atoms with E-state index < -0.39 is 0 Å². The summed E-state index contributed by atoms with van der Waals surface area (Å²) >= 11 is 0. The topological polar surface area (TPSA) is 64.9 Å². The fourth-order valence-corrected chi connectivity index (χ4v) is 2.55. The highest BCUT2D eigenvalue weighted by molar-refractivity contribution is 5.48. The van der Waals surface area contributed by atoms with Crippen molar-refractivity contribution in [1.29, 1.82) is 0 Å². The van der Waals surface area contributed by atoms with Crippen molar-refractivity contribution in [1.82, 2.24) is 20.2 Å². The number of nitrogens with one attached hydrogen (secondary N) is 1. The van der Waals surface area contributed by atoms with Crippen molar-refractivity contribution < 1.29 is 4.74 Å². The van der Waals surface area contributed by atoms with Crippen LogP contribution in [0.1, 0.15) is 37.1 Å². The Kier molecular flexibility index (Phi) is 4.86. The molecule has 1 aromatic heterocycles. The molecular weight excluding hydrogens is 302 g/mol. The number of nitrogens with zero attached hydrogens (tertiary/aromatic N) is 4. The number of hydrogen-bond acceptors (Lipinski definition) is 5. The average Bonchev–Trinajstić information content (AvgIpc) is 3.16. The van der Waals surface area contributed by atoms with E-state index in [0.717, 1.165) is 16.9 Å². The molecule has 0 fully saturated rings. The van der Waals surface area contributed by atoms with Gasteiger partial charge in [0.25, 0.3) is 0 Å². The summed E-state index contributed by atoms with van der Waals surface area (Å²) in [5.41, 5.74) is 4.36. The highest BCUT2D eigenvalue weighted by Gasteiger charge is 2.08. The van der Waals surface area contributed by atoms with Gasteiger partial charge in [-0.05, 0) is 59.7 Å². The number of rotatable bonds is 6. The molecule has 2 aromatic carbocycles. The van der Waals surface area contributed by atoms with Crippen LogP contribution in [0.4, 0.5) is 5.69 Å². The molecule has 3 aromatic rings. The standard InChI is InChI=1S/C18H21N5O/c1-13(20-17-6-4-5-16(11-17)14(2)24-3)15-7-9-18(10-8-15)23-12-19-21-22-23/h4-14,20H,1-3H3/t13-,14-/m0/s1. The van der Waals surface area contributed by atoms with Crippen LogP contribution in [-0.2, 0) is 4.74 Å². The van der Waals surface area contributed by atoms with Crippen LogP contribution in [0.15, 0.2) is 54.9 Å². The largest absolute Gasteiger partial charge is 0.379 e. The van der Waals surface area contributed by atoms with E-state index in [4.69, 9.17) is 4.74 Å². The molecule has 0 radical (unpaired) electrons. The highest BCUT2D eigenvalue weighted by atomic mass is 16.5. The lowest BCUT2D eigenvalue weighted by Crippen LogP contribution is -2.07. The summed E-state index contributed by atoms with van der Waals surface area (Å²) in [5.74, 6) is 0. The molecule has 0 aliphatic rings. The number of tetrazole rings is 1. The van der Waals surface area contributed by atoms with E-state index in [1.54, 1.807) is 18.1 Å². The Hall–Kier alpha value is -2.73. The molecule has 0 aliphatic heterocycles. The predicted octanol–water partition coefficient (Wildman–Crippen LogP) is 3.54. The summed E-state index contributed by atoms with van der Waals surface area (Å²) in [5, 5.41) is 14.7. The van der Waals surface area contributed by atoms with Crippen LogP contribution >= 0.6 is 0 Å². The third-order valence-electron chi connectivity index (χ3n) is 4.10. The van der Waals surface area contributed by atoms with Crippen LogP contribution in [0.25, 0.3) is 5.69 Å². The van der Waals surface area contributed by atoms with Gasteiger partial charge in [-0.15, -0.1) is 5.10 Å². The molecule has 24 heavy (non-hydrogen) atoms. The second-order valence-electron chi connectivity index (χ2n) is 5.72. The Bertz CT molecular complexity index is 770. The number of ether oxygens (including phenoxy) is 1. The van der Waals surface area contributed by atoms with Crippen LogP contribution in [0, 0.1) is 0 Å². The van der Waals surface area contributed by atoms with Gasteiger partial charge in [0.1, 0.15) is 6.33 Å². The van der Waals surface area contributed by atoms with E-state index in [2.05, 4.69) is 58.1 Å². The zero-order chi connectivity index (χ0) is 16.9. The molecule has 1 N–H and O–H groups in total. The maximum Gasteiger partial charge on any atom is 0.143 e. The fraction of sp³-hybridized carbons (Fsp3) is 0.278. The van der Waals surface area contributed by atoms with Gasteiger partial charge in [0, 0.05) is 18.8 Å². The van der Waals surface area contributed by atoms with Crippen molar-refractivity contribution in [2.75, 3.05) is 12.4 Å². The highest BCUT2D eigenvalue weighted by Crippen LogP contribution is 2.24. The Morgan fingerprint density at radius 3 is 2.50 bits per heavy atom. The van der Waals surface area contributed by atoms with Gasteiger partial charge in [-0.2, -0.15) is 0 Å². The summed E-state index contributed by atoms with van der Waals surface area (Å²) in [6.07, 6.45) is 1.66. The molecule has 0 spiro atoms. The lowest BCUT2D eigenvalue weighted by molar-refractivity contribution is 0.119. The molecule has 0 amide bonds. The van der Waals surface area contributed by atoms with E-state index >= 15 is 0 Å². The van der Waals surface area contributed by atoms with Crippen molar-refractivity contribution in [2.24, 2.45) is 0 Å². The van der Waals surface area contributed by atoms with Gasteiger partial charge in [-0.25, -0.2) is 4.68 Å². The van der Waals surface area contributed by atoms with Crippen molar-refractivity contribution in [3.63, 3.8) is 0 Å². The second kappa shape index (κ2) is 7.23. The summed E-state index contributed by atoms with van der Waals surface area (Å²) in [4.78, 5) is 0.